The highest BCUT2D eigenvalue weighted by molar-refractivity contribution is 5.83. The SMILES string of the molecule is C[C@@H]1C[C@H](C)CN(C[C@H](O)COc2ccc3ccccc3c2)C1. The molecule has 0 aliphatic carbocycles. The molecule has 0 saturated carbocycles. The van der Waals surface area contributed by atoms with E-state index in [0.29, 0.717) is 25.0 Å². The third-order valence-electron chi connectivity index (χ3n) is 4.58. The van der Waals surface area contributed by atoms with E-state index in [4.69, 9.17) is 4.74 Å². The summed E-state index contributed by atoms with van der Waals surface area (Å²) >= 11 is 0. The van der Waals surface area contributed by atoms with Crippen molar-refractivity contribution >= 4 is 10.8 Å². The van der Waals surface area contributed by atoms with Crippen LogP contribution in [0.3, 0.4) is 0 Å². The zero-order valence-electron chi connectivity index (χ0n) is 14.1. The zero-order chi connectivity index (χ0) is 16.2. The second kappa shape index (κ2) is 7.33. The van der Waals surface area contributed by atoms with Gasteiger partial charge in [-0.05, 0) is 41.2 Å². The first-order valence-corrected chi connectivity index (χ1v) is 8.62. The topological polar surface area (TPSA) is 32.7 Å². The first-order valence-electron chi connectivity index (χ1n) is 8.62. The Balaban J connectivity index is 1.52. The van der Waals surface area contributed by atoms with E-state index in [9.17, 15) is 5.11 Å². The summed E-state index contributed by atoms with van der Waals surface area (Å²) in [5.74, 6) is 2.25. The van der Waals surface area contributed by atoms with Crippen molar-refractivity contribution < 1.29 is 9.84 Å². The van der Waals surface area contributed by atoms with E-state index in [-0.39, 0.29) is 0 Å². The fraction of sp³-hybridized carbons (Fsp3) is 0.500. The van der Waals surface area contributed by atoms with Crippen LogP contribution >= 0.6 is 0 Å². The van der Waals surface area contributed by atoms with Crippen LogP contribution in [-0.4, -0.2) is 42.4 Å². The zero-order valence-corrected chi connectivity index (χ0v) is 14.1. The molecular weight excluding hydrogens is 286 g/mol. The molecule has 0 bridgehead atoms. The highest BCUT2D eigenvalue weighted by atomic mass is 16.5. The molecule has 1 fully saturated rings. The summed E-state index contributed by atoms with van der Waals surface area (Å²) < 4.78 is 5.79. The smallest absolute Gasteiger partial charge is 0.120 e. The van der Waals surface area contributed by atoms with Gasteiger partial charge in [-0.1, -0.05) is 44.2 Å². The molecule has 3 heteroatoms. The lowest BCUT2D eigenvalue weighted by atomic mass is 9.92. The van der Waals surface area contributed by atoms with Gasteiger partial charge >= 0.3 is 0 Å². The fourth-order valence-corrected chi connectivity index (χ4v) is 3.74. The molecule has 1 heterocycles. The van der Waals surface area contributed by atoms with Crippen LogP contribution < -0.4 is 4.74 Å². The van der Waals surface area contributed by atoms with Crippen LogP contribution in [0.2, 0.25) is 0 Å². The molecular formula is C20H27NO2. The summed E-state index contributed by atoms with van der Waals surface area (Å²) in [6.45, 7) is 7.79. The maximum absolute atomic E-state index is 10.3. The van der Waals surface area contributed by atoms with E-state index in [2.05, 4.69) is 36.9 Å². The van der Waals surface area contributed by atoms with Crippen molar-refractivity contribution in [1.29, 1.82) is 0 Å². The maximum Gasteiger partial charge on any atom is 0.120 e. The number of hydrogen-bond donors (Lipinski definition) is 1. The molecule has 3 nitrogen and oxygen atoms in total. The van der Waals surface area contributed by atoms with Crippen molar-refractivity contribution in [1.82, 2.24) is 4.90 Å². The lowest BCUT2D eigenvalue weighted by molar-refractivity contribution is 0.0429. The lowest BCUT2D eigenvalue weighted by Gasteiger charge is -2.35. The van der Waals surface area contributed by atoms with Gasteiger partial charge in [0.2, 0.25) is 0 Å². The van der Waals surface area contributed by atoms with E-state index in [0.717, 1.165) is 24.2 Å². The average Bonchev–Trinajstić information content (AvgIpc) is 2.52. The molecule has 1 aliphatic heterocycles. The van der Waals surface area contributed by atoms with Crippen LogP contribution in [0.4, 0.5) is 0 Å². The minimum Gasteiger partial charge on any atom is -0.491 e. The maximum atomic E-state index is 10.3. The van der Waals surface area contributed by atoms with E-state index < -0.39 is 6.10 Å². The van der Waals surface area contributed by atoms with E-state index in [1.54, 1.807) is 0 Å². The van der Waals surface area contributed by atoms with Gasteiger partial charge in [0.15, 0.2) is 0 Å². The minimum absolute atomic E-state index is 0.345. The molecule has 0 aromatic heterocycles. The van der Waals surface area contributed by atoms with Gasteiger partial charge in [-0.2, -0.15) is 0 Å². The van der Waals surface area contributed by atoms with E-state index in [1.807, 2.05) is 24.3 Å². The first-order chi connectivity index (χ1) is 11.1. The summed E-state index contributed by atoms with van der Waals surface area (Å²) in [4.78, 5) is 2.37. The van der Waals surface area contributed by atoms with Gasteiger partial charge in [0.1, 0.15) is 18.5 Å². The summed E-state index contributed by atoms with van der Waals surface area (Å²) in [6, 6.07) is 14.3. The van der Waals surface area contributed by atoms with Crippen molar-refractivity contribution in [3.63, 3.8) is 0 Å². The highest BCUT2D eigenvalue weighted by Crippen LogP contribution is 2.22. The van der Waals surface area contributed by atoms with Gasteiger partial charge in [-0.3, -0.25) is 0 Å². The minimum atomic E-state index is -0.445. The van der Waals surface area contributed by atoms with Crippen molar-refractivity contribution in [2.75, 3.05) is 26.2 Å². The molecule has 2 aromatic carbocycles. The van der Waals surface area contributed by atoms with Crippen LogP contribution in [0, 0.1) is 11.8 Å². The summed E-state index contributed by atoms with van der Waals surface area (Å²) in [7, 11) is 0. The number of aliphatic hydroxyl groups is 1. The monoisotopic (exact) mass is 313 g/mol. The number of benzene rings is 2. The Bertz CT molecular complexity index is 632. The van der Waals surface area contributed by atoms with Crippen molar-refractivity contribution in [3.8, 4) is 5.75 Å². The normalized spacial score (nSPS) is 23.8. The highest BCUT2D eigenvalue weighted by Gasteiger charge is 2.23. The van der Waals surface area contributed by atoms with Crippen LogP contribution in [0.5, 0.6) is 5.75 Å². The van der Waals surface area contributed by atoms with E-state index >= 15 is 0 Å². The van der Waals surface area contributed by atoms with Crippen molar-refractivity contribution in [2.45, 2.75) is 26.4 Å². The van der Waals surface area contributed by atoms with Gasteiger partial charge in [0.05, 0.1) is 0 Å². The number of fused-ring (bicyclic) bond motifs is 1. The predicted octanol–water partition coefficient (Wildman–Crippen LogP) is 3.56. The fourth-order valence-electron chi connectivity index (χ4n) is 3.74. The summed E-state index contributed by atoms with van der Waals surface area (Å²) in [6.07, 6.45) is 0.846. The molecule has 3 rings (SSSR count). The van der Waals surface area contributed by atoms with Crippen LogP contribution in [-0.2, 0) is 0 Å². The van der Waals surface area contributed by atoms with Gasteiger partial charge < -0.3 is 14.7 Å². The summed E-state index contributed by atoms with van der Waals surface area (Å²) in [5, 5.41) is 12.7. The molecule has 3 atom stereocenters. The molecule has 0 amide bonds. The van der Waals surface area contributed by atoms with Gasteiger partial charge in [-0.25, -0.2) is 0 Å². The molecule has 1 N–H and O–H groups in total. The molecule has 1 saturated heterocycles. The predicted molar refractivity (Wildman–Crippen MR) is 94.8 cm³/mol. The second-order valence-electron chi connectivity index (χ2n) is 7.14. The van der Waals surface area contributed by atoms with Crippen LogP contribution in [0.15, 0.2) is 42.5 Å². The number of ether oxygens (including phenoxy) is 1. The average molecular weight is 313 g/mol. The molecule has 23 heavy (non-hydrogen) atoms. The van der Waals surface area contributed by atoms with Crippen molar-refractivity contribution in [2.24, 2.45) is 11.8 Å². The number of hydrogen-bond acceptors (Lipinski definition) is 3. The van der Waals surface area contributed by atoms with Gasteiger partial charge in [0.25, 0.3) is 0 Å². The molecule has 1 aliphatic rings. The van der Waals surface area contributed by atoms with Crippen molar-refractivity contribution in [3.05, 3.63) is 42.5 Å². The second-order valence-corrected chi connectivity index (χ2v) is 7.14. The third kappa shape index (κ3) is 4.46. The van der Waals surface area contributed by atoms with Crippen LogP contribution in [0.25, 0.3) is 10.8 Å². The largest absolute Gasteiger partial charge is 0.491 e. The molecule has 124 valence electrons. The van der Waals surface area contributed by atoms with Gasteiger partial charge in [0, 0.05) is 19.6 Å². The Morgan fingerprint density at radius 1 is 1.09 bits per heavy atom. The Labute approximate surface area is 138 Å². The Morgan fingerprint density at radius 2 is 1.78 bits per heavy atom. The first kappa shape index (κ1) is 16.3. The quantitative estimate of drug-likeness (QED) is 0.916. The molecule has 2 aromatic rings. The van der Waals surface area contributed by atoms with E-state index in [1.165, 1.54) is 11.8 Å². The number of likely N-dealkylation sites (tertiary alicyclic amines) is 1. The third-order valence-corrected chi connectivity index (χ3v) is 4.58. The standard InChI is InChI=1S/C20H27NO2/c1-15-9-16(2)12-21(11-15)13-19(22)14-23-20-8-7-17-5-3-4-6-18(17)10-20/h3-8,10,15-16,19,22H,9,11-14H2,1-2H3/t15-,16+,19-/m0/s1. The number of nitrogens with zero attached hydrogens (tertiary/aromatic N) is 1. The number of piperidine rings is 1. The van der Waals surface area contributed by atoms with Gasteiger partial charge in [-0.15, -0.1) is 0 Å². The lowest BCUT2D eigenvalue weighted by Crippen LogP contribution is -2.43. The van der Waals surface area contributed by atoms with Crippen LogP contribution in [0.1, 0.15) is 20.3 Å². The number of rotatable bonds is 5. The molecule has 0 unspecified atom stereocenters. The number of β-amino-alcohol motifs (C(OH)–C–C–N with tert-alkyl or cyclic N) is 1. The Morgan fingerprint density at radius 3 is 2.52 bits per heavy atom. The molecule has 0 spiro atoms. The number of aliphatic hydroxyl groups excluding tert-OH is 1. The molecule has 0 radical (unpaired) electrons. The Hall–Kier alpha value is -1.58. The Kier molecular flexibility index (Phi) is 5.19. The summed E-state index contributed by atoms with van der Waals surface area (Å²) in [5.41, 5.74) is 0.